The van der Waals surface area contributed by atoms with Crippen molar-refractivity contribution in [3.8, 4) is 0 Å². The standard InChI is InChI=1S/C12H18N4S2/c1-4-5-9-12(18-16-15-9)10(13-3)6-11-14-8(2)7-17-11/h7,10,13H,4-6H2,1-3H3. The Morgan fingerprint density at radius 2 is 2.28 bits per heavy atom. The third kappa shape index (κ3) is 3.13. The molecular formula is C12H18N4S2. The fourth-order valence-electron chi connectivity index (χ4n) is 1.89. The van der Waals surface area contributed by atoms with Crippen LogP contribution in [0.5, 0.6) is 0 Å². The summed E-state index contributed by atoms with van der Waals surface area (Å²) < 4.78 is 4.09. The van der Waals surface area contributed by atoms with Crippen molar-refractivity contribution in [2.24, 2.45) is 0 Å². The van der Waals surface area contributed by atoms with Crippen LogP contribution in [-0.4, -0.2) is 21.6 Å². The number of nitrogens with one attached hydrogen (secondary N) is 1. The summed E-state index contributed by atoms with van der Waals surface area (Å²) >= 11 is 3.22. The maximum absolute atomic E-state index is 4.53. The zero-order valence-electron chi connectivity index (χ0n) is 10.9. The van der Waals surface area contributed by atoms with Gasteiger partial charge in [0.15, 0.2) is 0 Å². The van der Waals surface area contributed by atoms with Crippen molar-refractivity contribution in [3.63, 3.8) is 0 Å². The van der Waals surface area contributed by atoms with E-state index in [1.54, 1.807) is 11.3 Å². The maximum Gasteiger partial charge on any atom is 0.0947 e. The van der Waals surface area contributed by atoms with E-state index in [2.05, 4.69) is 32.2 Å². The molecule has 0 aliphatic heterocycles. The van der Waals surface area contributed by atoms with Crippen LogP contribution in [-0.2, 0) is 12.8 Å². The molecule has 98 valence electrons. The summed E-state index contributed by atoms with van der Waals surface area (Å²) in [7, 11) is 1.99. The molecule has 2 aromatic heterocycles. The van der Waals surface area contributed by atoms with Crippen molar-refractivity contribution in [3.05, 3.63) is 26.7 Å². The van der Waals surface area contributed by atoms with Gasteiger partial charge in [0.1, 0.15) is 0 Å². The lowest BCUT2D eigenvalue weighted by molar-refractivity contribution is 0.591. The van der Waals surface area contributed by atoms with Gasteiger partial charge in [0.2, 0.25) is 0 Å². The topological polar surface area (TPSA) is 50.7 Å². The van der Waals surface area contributed by atoms with Crippen molar-refractivity contribution >= 4 is 22.9 Å². The SMILES string of the molecule is CCCc1nnsc1C(Cc1nc(C)cs1)NC. The summed E-state index contributed by atoms with van der Waals surface area (Å²) in [5, 5.41) is 10.9. The molecule has 2 heterocycles. The maximum atomic E-state index is 4.53. The predicted octanol–water partition coefficient (Wildman–Crippen LogP) is 2.76. The molecule has 0 fully saturated rings. The fourth-order valence-corrected chi connectivity index (χ4v) is 3.51. The second-order valence-corrected chi connectivity index (χ2v) is 5.99. The van der Waals surface area contributed by atoms with Crippen LogP contribution < -0.4 is 5.32 Å². The summed E-state index contributed by atoms with van der Waals surface area (Å²) in [5.41, 5.74) is 2.23. The Bertz CT molecular complexity index is 492. The summed E-state index contributed by atoms with van der Waals surface area (Å²) in [5.74, 6) is 0. The molecular weight excluding hydrogens is 264 g/mol. The van der Waals surface area contributed by atoms with E-state index in [0.29, 0.717) is 0 Å². The molecule has 1 N–H and O–H groups in total. The quantitative estimate of drug-likeness (QED) is 0.885. The van der Waals surface area contributed by atoms with Crippen LogP contribution in [0.3, 0.4) is 0 Å². The van der Waals surface area contributed by atoms with Crippen LogP contribution in [0.2, 0.25) is 0 Å². The van der Waals surface area contributed by atoms with Gasteiger partial charge < -0.3 is 5.32 Å². The average molecular weight is 282 g/mol. The highest BCUT2D eigenvalue weighted by Gasteiger charge is 2.19. The number of hydrogen-bond acceptors (Lipinski definition) is 6. The van der Waals surface area contributed by atoms with Gasteiger partial charge in [-0.2, -0.15) is 0 Å². The number of thiazole rings is 1. The second-order valence-electron chi connectivity index (χ2n) is 4.26. The number of hydrogen-bond donors (Lipinski definition) is 1. The predicted molar refractivity (Wildman–Crippen MR) is 76.3 cm³/mol. The Kier molecular flexibility index (Phi) is 4.79. The minimum absolute atomic E-state index is 0.275. The van der Waals surface area contributed by atoms with Crippen LogP contribution in [0.4, 0.5) is 0 Å². The molecule has 0 aromatic carbocycles. The molecule has 0 bridgehead atoms. The third-order valence-corrected chi connectivity index (χ3v) is 4.65. The summed E-state index contributed by atoms with van der Waals surface area (Å²) in [6, 6.07) is 0.275. The van der Waals surface area contributed by atoms with Gasteiger partial charge in [-0.25, -0.2) is 4.98 Å². The first-order valence-corrected chi connectivity index (χ1v) is 7.79. The molecule has 6 heteroatoms. The van der Waals surface area contributed by atoms with Gasteiger partial charge in [0.25, 0.3) is 0 Å². The van der Waals surface area contributed by atoms with Crippen molar-refractivity contribution in [2.45, 2.75) is 39.2 Å². The van der Waals surface area contributed by atoms with Gasteiger partial charge >= 0.3 is 0 Å². The summed E-state index contributed by atoms with van der Waals surface area (Å²) in [6.45, 7) is 4.20. The summed E-state index contributed by atoms with van der Waals surface area (Å²) in [4.78, 5) is 5.78. The van der Waals surface area contributed by atoms with Crippen LogP contribution in [0, 0.1) is 6.92 Å². The van der Waals surface area contributed by atoms with E-state index in [9.17, 15) is 0 Å². The zero-order valence-corrected chi connectivity index (χ0v) is 12.6. The Morgan fingerprint density at radius 1 is 1.44 bits per heavy atom. The molecule has 2 aromatic rings. The van der Waals surface area contributed by atoms with Crippen molar-refractivity contribution < 1.29 is 0 Å². The smallest absolute Gasteiger partial charge is 0.0947 e. The molecule has 4 nitrogen and oxygen atoms in total. The molecule has 0 radical (unpaired) electrons. The Balaban J connectivity index is 2.14. The molecule has 1 unspecified atom stereocenters. The number of nitrogens with zero attached hydrogens (tertiary/aromatic N) is 3. The molecule has 1 atom stereocenters. The Hall–Kier alpha value is -0.850. The molecule has 2 rings (SSSR count). The molecule has 0 aliphatic carbocycles. The monoisotopic (exact) mass is 282 g/mol. The minimum atomic E-state index is 0.275. The lowest BCUT2D eigenvalue weighted by atomic mass is 10.1. The van der Waals surface area contributed by atoms with Gasteiger partial charge in [-0.3, -0.25) is 0 Å². The summed E-state index contributed by atoms with van der Waals surface area (Å²) in [6.07, 6.45) is 3.02. The van der Waals surface area contributed by atoms with E-state index in [1.165, 1.54) is 21.4 Å². The van der Waals surface area contributed by atoms with E-state index in [1.807, 2.05) is 14.0 Å². The van der Waals surface area contributed by atoms with Crippen LogP contribution in [0.15, 0.2) is 5.38 Å². The molecule has 0 amide bonds. The first-order chi connectivity index (χ1) is 8.74. The largest absolute Gasteiger partial charge is 0.312 e. The molecule has 0 saturated carbocycles. The molecule has 0 spiro atoms. The number of aryl methyl sites for hydroxylation is 2. The van der Waals surface area contributed by atoms with E-state index in [0.717, 1.165) is 30.7 Å². The van der Waals surface area contributed by atoms with E-state index >= 15 is 0 Å². The Labute approximate surface area is 116 Å². The highest BCUT2D eigenvalue weighted by molar-refractivity contribution is 7.09. The highest BCUT2D eigenvalue weighted by Crippen LogP contribution is 2.25. The molecule has 18 heavy (non-hydrogen) atoms. The second kappa shape index (κ2) is 6.36. The number of aromatic nitrogens is 3. The normalized spacial score (nSPS) is 12.8. The highest BCUT2D eigenvalue weighted by atomic mass is 32.1. The van der Waals surface area contributed by atoms with Crippen molar-refractivity contribution in [2.75, 3.05) is 7.05 Å². The lowest BCUT2D eigenvalue weighted by Crippen LogP contribution is -2.19. The Morgan fingerprint density at radius 3 is 2.89 bits per heavy atom. The van der Waals surface area contributed by atoms with Crippen LogP contribution in [0.25, 0.3) is 0 Å². The fraction of sp³-hybridized carbons (Fsp3) is 0.583. The van der Waals surface area contributed by atoms with Crippen molar-refractivity contribution in [1.82, 2.24) is 19.9 Å². The van der Waals surface area contributed by atoms with Gasteiger partial charge in [-0.15, -0.1) is 16.4 Å². The van der Waals surface area contributed by atoms with Crippen molar-refractivity contribution in [1.29, 1.82) is 0 Å². The number of likely N-dealkylation sites (N-methyl/N-ethyl adjacent to an activating group) is 1. The molecule has 0 aliphatic rings. The van der Waals surface area contributed by atoms with Crippen LogP contribution >= 0.6 is 22.9 Å². The minimum Gasteiger partial charge on any atom is -0.312 e. The molecule has 0 saturated heterocycles. The zero-order chi connectivity index (χ0) is 13.0. The van der Waals surface area contributed by atoms with Gasteiger partial charge in [0, 0.05) is 17.5 Å². The van der Waals surface area contributed by atoms with Gasteiger partial charge in [-0.05, 0) is 31.9 Å². The lowest BCUT2D eigenvalue weighted by Gasteiger charge is -2.13. The average Bonchev–Trinajstić information content (AvgIpc) is 2.96. The first-order valence-electron chi connectivity index (χ1n) is 6.14. The van der Waals surface area contributed by atoms with E-state index in [-0.39, 0.29) is 6.04 Å². The first kappa shape index (κ1) is 13.6. The third-order valence-electron chi connectivity index (χ3n) is 2.78. The number of rotatable bonds is 6. The van der Waals surface area contributed by atoms with E-state index < -0.39 is 0 Å². The van der Waals surface area contributed by atoms with E-state index in [4.69, 9.17) is 0 Å². The van der Waals surface area contributed by atoms with Gasteiger partial charge in [0.05, 0.1) is 21.6 Å². The van der Waals surface area contributed by atoms with Crippen LogP contribution in [0.1, 0.15) is 40.7 Å². The van der Waals surface area contributed by atoms with Gasteiger partial charge in [-0.1, -0.05) is 17.8 Å².